The van der Waals surface area contributed by atoms with E-state index in [1.165, 1.54) is 7.11 Å². The maximum Gasteiger partial charge on any atom is 0.333 e. The Kier molecular flexibility index (Phi) is 4.55. The lowest BCUT2D eigenvalue weighted by Crippen LogP contribution is -2.06. The van der Waals surface area contributed by atoms with Crippen molar-refractivity contribution in [2.45, 2.75) is 26.8 Å². The van der Waals surface area contributed by atoms with Gasteiger partial charge in [0.25, 0.3) is 0 Å². The predicted octanol–water partition coefficient (Wildman–Crippen LogP) is 2.35. The molecule has 0 saturated heterocycles. The van der Waals surface area contributed by atoms with Gasteiger partial charge in [-0.25, -0.2) is 4.79 Å². The van der Waals surface area contributed by atoms with Crippen molar-refractivity contribution < 1.29 is 9.53 Å². The summed E-state index contributed by atoms with van der Waals surface area (Å²) < 4.78 is 6.35. The van der Waals surface area contributed by atoms with E-state index < -0.39 is 0 Å². The molecule has 0 spiro atoms. The molecule has 0 unspecified atom stereocenters. The molecule has 4 nitrogen and oxygen atoms in total. The number of methoxy groups -OCH3 is 1. The van der Waals surface area contributed by atoms with Crippen molar-refractivity contribution in [3.8, 4) is 0 Å². The highest BCUT2D eigenvalue weighted by Gasteiger charge is 2.07. The number of ether oxygens (including phenoxy) is 1. The van der Waals surface area contributed by atoms with Gasteiger partial charge in [0.2, 0.25) is 0 Å². The van der Waals surface area contributed by atoms with Crippen LogP contribution in [0, 0.1) is 6.92 Å². The fraction of sp³-hybridized carbons (Fsp3) is 0.455. The summed E-state index contributed by atoms with van der Waals surface area (Å²) in [6.07, 6.45) is 4.17. The molecular weight excluding hydrogens is 228 g/mol. The molecule has 0 aliphatic heterocycles. The van der Waals surface area contributed by atoms with E-state index in [1.807, 2.05) is 13.8 Å². The first kappa shape index (κ1) is 12.8. The normalized spacial score (nSPS) is 11.6. The number of carbonyl (C=O) groups is 1. The number of carbonyl (C=O) groups excluding carboxylic acids is 1. The molecule has 1 aromatic rings. The maximum absolute atomic E-state index is 11.3. The maximum atomic E-state index is 11.3. The Hall–Kier alpha value is -1.29. The van der Waals surface area contributed by atoms with Crippen LogP contribution >= 0.6 is 11.6 Å². The van der Waals surface area contributed by atoms with Gasteiger partial charge in [-0.15, -0.1) is 0 Å². The van der Waals surface area contributed by atoms with Crippen LogP contribution in [0.15, 0.2) is 17.8 Å². The Labute approximate surface area is 99.8 Å². The van der Waals surface area contributed by atoms with Gasteiger partial charge in [0.15, 0.2) is 0 Å². The molecule has 0 amide bonds. The third kappa shape index (κ3) is 3.10. The van der Waals surface area contributed by atoms with Crippen LogP contribution in [0.2, 0.25) is 5.02 Å². The highest BCUT2D eigenvalue weighted by atomic mass is 35.5. The topological polar surface area (TPSA) is 44.1 Å². The molecule has 0 bridgehead atoms. The number of aromatic nitrogens is 2. The number of hydrogen-bond donors (Lipinski definition) is 0. The van der Waals surface area contributed by atoms with Gasteiger partial charge in [-0.1, -0.05) is 24.6 Å². The van der Waals surface area contributed by atoms with Crippen molar-refractivity contribution >= 4 is 17.6 Å². The van der Waals surface area contributed by atoms with Crippen LogP contribution < -0.4 is 0 Å². The molecule has 1 rings (SSSR count). The zero-order chi connectivity index (χ0) is 12.1. The van der Waals surface area contributed by atoms with Gasteiger partial charge in [0.05, 0.1) is 24.4 Å². The number of nitrogens with zero attached hydrogens (tertiary/aromatic N) is 2. The van der Waals surface area contributed by atoms with Gasteiger partial charge in [-0.2, -0.15) is 5.10 Å². The average molecular weight is 243 g/mol. The second-order valence-electron chi connectivity index (χ2n) is 3.36. The summed E-state index contributed by atoms with van der Waals surface area (Å²) >= 11 is 5.87. The third-order valence-corrected chi connectivity index (χ3v) is 2.61. The Morgan fingerprint density at radius 2 is 2.38 bits per heavy atom. The van der Waals surface area contributed by atoms with Crippen molar-refractivity contribution in [2.24, 2.45) is 0 Å². The minimum atomic E-state index is -0.294. The molecule has 0 fully saturated rings. The predicted molar refractivity (Wildman–Crippen MR) is 62.4 cm³/mol. The van der Waals surface area contributed by atoms with Crippen LogP contribution in [0.1, 0.15) is 19.0 Å². The van der Waals surface area contributed by atoms with E-state index in [1.54, 1.807) is 17.0 Å². The molecule has 0 radical (unpaired) electrons. The number of esters is 1. The Balaban J connectivity index is 2.74. The van der Waals surface area contributed by atoms with Crippen LogP contribution in [-0.4, -0.2) is 22.9 Å². The first-order chi connectivity index (χ1) is 7.58. The number of rotatable bonds is 4. The fourth-order valence-electron chi connectivity index (χ4n) is 1.29. The molecule has 0 saturated carbocycles. The average Bonchev–Trinajstić information content (AvgIpc) is 2.59. The van der Waals surface area contributed by atoms with E-state index in [0.29, 0.717) is 23.6 Å². The Bertz CT molecular complexity index is 391. The molecule has 1 aromatic heterocycles. The molecule has 0 aliphatic carbocycles. The van der Waals surface area contributed by atoms with Crippen LogP contribution in [0.5, 0.6) is 0 Å². The van der Waals surface area contributed by atoms with Gasteiger partial charge in [-0.3, -0.25) is 4.68 Å². The largest absolute Gasteiger partial charge is 0.466 e. The van der Waals surface area contributed by atoms with E-state index in [2.05, 4.69) is 9.84 Å². The van der Waals surface area contributed by atoms with Crippen molar-refractivity contribution in [3.63, 3.8) is 0 Å². The second kappa shape index (κ2) is 5.70. The molecule has 0 aliphatic rings. The molecule has 0 aromatic carbocycles. The van der Waals surface area contributed by atoms with Gasteiger partial charge in [0, 0.05) is 11.8 Å². The van der Waals surface area contributed by atoms with E-state index >= 15 is 0 Å². The molecule has 16 heavy (non-hydrogen) atoms. The summed E-state index contributed by atoms with van der Waals surface area (Å²) in [6.45, 7) is 4.26. The lowest BCUT2D eigenvalue weighted by molar-refractivity contribution is -0.136. The first-order valence-corrected chi connectivity index (χ1v) is 5.43. The van der Waals surface area contributed by atoms with Gasteiger partial charge < -0.3 is 4.74 Å². The van der Waals surface area contributed by atoms with E-state index in [4.69, 9.17) is 11.6 Å². The standard InChI is InChI=1S/C11H15ClN2O2/c1-4-9(11(15)16-3)5-6-14-7-10(12)8(2)13-14/h5,7H,4,6H2,1-3H3. The van der Waals surface area contributed by atoms with E-state index in [-0.39, 0.29) is 5.97 Å². The van der Waals surface area contributed by atoms with Crippen LogP contribution in [-0.2, 0) is 16.1 Å². The summed E-state index contributed by atoms with van der Waals surface area (Å²) in [5, 5.41) is 4.82. The van der Waals surface area contributed by atoms with Crippen LogP contribution in [0.4, 0.5) is 0 Å². The van der Waals surface area contributed by atoms with E-state index in [9.17, 15) is 4.79 Å². The fourth-order valence-corrected chi connectivity index (χ4v) is 1.44. The van der Waals surface area contributed by atoms with Gasteiger partial charge >= 0.3 is 5.97 Å². The van der Waals surface area contributed by atoms with Crippen molar-refractivity contribution in [1.29, 1.82) is 0 Å². The molecule has 5 heteroatoms. The second-order valence-corrected chi connectivity index (χ2v) is 3.77. The summed E-state index contributed by atoms with van der Waals surface area (Å²) in [5.74, 6) is -0.294. The quantitative estimate of drug-likeness (QED) is 0.601. The lowest BCUT2D eigenvalue weighted by atomic mass is 10.2. The molecular formula is C11H15ClN2O2. The van der Waals surface area contributed by atoms with Crippen molar-refractivity contribution in [2.75, 3.05) is 7.11 Å². The number of halogens is 1. The van der Waals surface area contributed by atoms with Crippen LogP contribution in [0.25, 0.3) is 0 Å². The van der Waals surface area contributed by atoms with Crippen molar-refractivity contribution in [3.05, 3.63) is 28.6 Å². The molecule has 0 atom stereocenters. The molecule has 0 N–H and O–H groups in total. The number of allylic oxidation sites excluding steroid dienone is 1. The monoisotopic (exact) mass is 242 g/mol. The van der Waals surface area contributed by atoms with E-state index in [0.717, 1.165) is 5.69 Å². The minimum Gasteiger partial charge on any atom is -0.466 e. The molecule has 1 heterocycles. The minimum absolute atomic E-state index is 0.294. The summed E-state index contributed by atoms with van der Waals surface area (Å²) in [7, 11) is 1.38. The third-order valence-electron chi connectivity index (χ3n) is 2.24. The summed E-state index contributed by atoms with van der Waals surface area (Å²) in [4.78, 5) is 11.3. The van der Waals surface area contributed by atoms with Gasteiger partial charge in [0.1, 0.15) is 0 Å². The Morgan fingerprint density at radius 3 is 2.81 bits per heavy atom. The lowest BCUT2D eigenvalue weighted by Gasteiger charge is -2.02. The SMILES string of the molecule is CCC(=CCn1cc(Cl)c(C)n1)C(=O)OC. The first-order valence-electron chi connectivity index (χ1n) is 5.05. The van der Waals surface area contributed by atoms with Crippen molar-refractivity contribution in [1.82, 2.24) is 9.78 Å². The highest BCUT2D eigenvalue weighted by Crippen LogP contribution is 2.12. The zero-order valence-electron chi connectivity index (χ0n) is 9.66. The van der Waals surface area contributed by atoms with Crippen LogP contribution in [0.3, 0.4) is 0 Å². The zero-order valence-corrected chi connectivity index (χ0v) is 10.4. The smallest absolute Gasteiger partial charge is 0.333 e. The highest BCUT2D eigenvalue weighted by molar-refractivity contribution is 6.31. The number of aryl methyl sites for hydroxylation is 1. The Morgan fingerprint density at radius 1 is 1.69 bits per heavy atom. The van der Waals surface area contributed by atoms with Gasteiger partial charge in [-0.05, 0) is 13.3 Å². The summed E-state index contributed by atoms with van der Waals surface area (Å²) in [5.41, 5.74) is 1.43. The number of hydrogen-bond acceptors (Lipinski definition) is 3. The molecule has 88 valence electrons. The summed E-state index contributed by atoms with van der Waals surface area (Å²) in [6, 6.07) is 0.